The highest BCUT2D eigenvalue weighted by Gasteiger charge is 2.37. The number of rotatable bonds is 3. The average Bonchev–Trinajstić information content (AvgIpc) is 2.69. The summed E-state index contributed by atoms with van der Waals surface area (Å²) < 4.78 is 27.3. The van der Waals surface area contributed by atoms with Crippen molar-refractivity contribution in [3.05, 3.63) is 14.7 Å². The number of hydrogen-bond donors (Lipinski definition) is 1. The minimum atomic E-state index is -3.65. The van der Waals surface area contributed by atoms with Crippen molar-refractivity contribution >= 4 is 43.2 Å². The van der Waals surface area contributed by atoms with Crippen molar-refractivity contribution in [2.75, 3.05) is 6.54 Å². The van der Waals surface area contributed by atoms with E-state index < -0.39 is 22.0 Å². The van der Waals surface area contributed by atoms with Crippen LogP contribution in [-0.4, -0.2) is 31.2 Å². The molecule has 0 radical (unpaired) electrons. The maximum absolute atomic E-state index is 12.6. The number of nitrogens with zero attached hydrogens (tertiary/aromatic N) is 1. The molecule has 1 aromatic rings. The Hall–Kier alpha value is -0.440. The molecule has 2 N–H and O–H groups in total. The normalized spacial score (nSPS) is 21.5. The van der Waals surface area contributed by atoms with E-state index in [4.69, 9.17) is 5.73 Å². The molecule has 8 heteroatoms. The molecule has 5 nitrogen and oxygen atoms in total. The van der Waals surface area contributed by atoms with Gasteiger partial charge in [-0.1, -0.05) is 6.42 Å². The first-order valence-corrected chi connectivity index (χ1v) is 8.96. The SMILES string of the molecule is Cc1sc(Br)cc1S(=O)(=O)N1CCCCC1C(N)=O. The van der Waals surface area contributed by atoms with Crippen LogP contribution in [0.1, 0.15) is 24.1 Å². The van der Waals surface area contributed by atoms with Crippen LogP contribution in [0.4, 0.5) is 0 Å². The summed E-state index contributed by atoms with van der Waals surface area (Å²) in [5, 5.41) is 0. The van der Waals surface area contributed by atoms with E-state index in [-0.39, 0.29) is 4.90 Å². The molecule has 2 heterocycles. The van der Waals surface area contributed by atoms with Crippen molar-refractivity contribution in [1.29, 1.82) is 0 Å². The van der Waals surface area contributed by atoms with Gasteiger partial charge in [-0.05, 0) is 41.8 Å². The lowest BCUT2D eigenvalue weighted by Gasteiger charge is -2.32. The number of thiophene rings is 1. The highest BCUT2D eigenvalue weighted by atomic mass is 79.9. The van der Waals surface area contributed by atoms with E-state index in [0.717, 1.165) is 16.6 Å². The number of carbonyl (C=O) groups excluding carboxylic acids is 1. The van der Waals surface area contributed by atoms with Crippen LogP contribution < -0.4 is 5.73 Å². The van der Waals surface area contributed by atoms with Gasteiger partial charge in [0.1, 0.15) is 6.04 Å². The topological polar surface area (TPSA) is 80.5 Å². The molecule has 2 rings (SSSR count). The molecular formula is C11H15BrN2O3S2. The van der Waals surface area contributed by atoms with E-state index in [9.17, 15) is 13.2 Å². The third kappa shape index (κ3) is 2.86. The Bertz CT molecular complexity index is 597. The highest BCUT2D eigenvalue weighted by molar-refractivity contribution is 9.11. The number of hydrogen-bond acceptors (Lipinski definition) is 4. The zero-order chi connectivity index (χ0) is 14.2. The maximum atomic E-state index is 12.6. The summed E-state index contributed by atoms with van der Waals surface area (Å²) in [5.74, 6) is -0.574. The summed E-state index contributed by atoms with van der Waals surface area (Å²) in [4.78, 5) is 12.4. The minimum absolute atomic E-state index is 0.262. The summed E-state index contributed by atoms with van der Waals surface area (Å²) in [7, 11) is -3.65. The number of carbonyl (C=O) groups is 1. The highest BCUT2D eigenvalue weighted by Crippen LogP contribution is 2.33. The largest absolute Gasteiger partial charge is 0.368 e. The fourth-order valence-electron chi connectivity index (χ4n) is 2.29. The van der Waals surface area contributed by atoms with Crippen LogP contribution in [0, 0.1) is 6.92 Å². The monoisotopic (exact) mass is 366 g/mol. The van der Waals surface area contributed by atoms with Gasteiger partial charge in [0.2, 0.25) is 15.9 Å². The van der Waals surface area contributed by atoms with Crippen molar-refractivity contribution in [1.82, 2.24) is 4.31 Å². The second-order valence-electron chi connectivity index (χ2n) is 4.50. The average molecular weight is 367 g/mol. The van der Waals surface area contributed by atoms with E-state index in [1.54, 1.807) is 13.0 Å². The quantitative estimate of drug-likeness (QED) is 0.885. The first-order valence-electron chi connectivity index (χ1n) is 5.91. The second-order valence-corrected chi connectivity index (χ2v) is 9.00. The predicted molar refractivity (Wildman–Crippen MR) is 77.5 cm³/mol. The Morgan fingerprint density at radius 1 is 1.53 bits per heavy atom. The number of aryl methyl sites for hydroxylation is 1. The van der Waals surface area contributed by atoms with Gasteiger partial charge in [0.15, 0.2) is 0 Å². The van der Waals surface area contributed by atoms with Crippen molar-refractivity contribution in [2.45, 2.75) is 37.1 Å². The van der Waals surface area contributed by atoms with Crippen molar-refractivity contribution in [2.24, 2.45) is 5.73 Å². The first kappa shape index (κ1) is 15.0. The van der Waals surface area contributed by atoms with Gasteiger partial charge in [0.25, 0.3) is 0 Å². The summed E-state index contributed by atoms with van der Waals surface area (Å²) >= 11 is 4.65. The minimum Gasteiger partial charge on any atom is -0.368 e. The number of sulfonamides is 1. The molecule has 0 spiro atoms. The maximum Gasteiger partial charge on any atom is 0.244 e. The Labute approximate surface area is 125 Å². The molecule has 1 fully saturated rings. The van der Waals surface area contributed by atoms with E-state index in [1.165, 1.54) is 15.6 Å². The number of halogens is 1. The fourth-order valence-corrected chi connectivity index (χ4v) is 6.34. The molecule has 1 atom stereocenters. The Balaban J connectivity index is 2.43. The summed E-state index contributed by atoms with van der Waals surface area (Å²) in [5.41, 5.74) is 5.32. The molecule has 1 aliphatic heterocycles. The molecule has 1 saturated heterocycles. The van der Waals surface area contributed by atoms with E-state index in [0.29, 0.717) is 17.8 Å². The van der Waals surface area contributed by atoms with Crippen LogP contribution in [-0.2, 0) is 14.8 Å². The molecule has 0 aromatic carbocycles. The molecule has 0 saturated carbocycles. The van der Waals surface area contributed by atoms with E-state index in [1.807, 2.05) is 0 Å². The zero-order valence-corrected chi connectivity index (χ0v) is 13.6. The standard InChI is InChI=1S/C11H15BrN2O3S2/c1-7-9(6-10(12)18-7)19(16,17)14-5-3-2-4-8(14)11(13)15/h6,8H,2-5H2,1H3,(H2,13,15). The molecule has 1 unspecified atom stereocenters. The Morgan fingerprint density at radius 2 is 2.21 bits per heavy atom. The van der Waals surface area contributed by atoms with Crippen molar-refractivity contribution in [3.8, 4) is 0 Å². The van der Waals surface area contributed by atoms with Gasteiger partial charge in [-0.25, -0.2) is 8.42 Å². The van der Waals surface area contributed by atoms with Crippen LogP contribution >= 0.6 is 27.3 Å². The fraction of sp³-hybridized carbons (Fsp3) is 0.545. The van der Waals surface area contributed by atoms with Crippen molar-refractivity contribution in [3.63, 3.8) is 0 Å². The number of primary amides is 1. The molecule has 1 amide bonds. The van der Waals surface area contributed by atoms with E-state index in [2.05, 4.69) is 15.9 Å². The molecule has 1 aromatic heterocycles. The van der Waals surface area contributed by atoms with Gasteiger partial charge >= 0.3 is 0 Å². The second kappa shape index (κ2) is 5.51. The summed E-state index contributed by atoms with van der Waals surface area (Å²) in [6.45, 7) is 2.11. The van der Waals surface area contributed by atoms with Crippen LogP contribution in [0.25, 0.3) is 0 Å². The van der Waals surface area contributed by atoms with Crippen LogP contribution in [0.2, 0.25) is 0 Å². The third-order valence-corrected chi connectivity index (χ3v) is 6.93. The number of piperidine rings is 1. The molecule has 106 valence electrons. The summed E-state index contributed by atoms with van der Waals surface area (Å²) in [6.07, 6.45) is 2.08. The first-order chi connectivity index (χ1) is 8.84. The van der Waals surface area contributed by atoms with Gasteiger partial charge in [0, 0.05) is 11.4 Å². The Kier molecular flexibility index (Phi) is 4.34. The van der Waals surface area contributed by atoms with Gasteiger partial charge in [0.05, 0.1) is 8.68 Å². The molecule has 0 bridgehead atoms. The molecule has 1 aliphatic rings. The molecular weight excluding hydrogens is 352 g/mol. The van der Waals surface area contributed by atoms with Crippen LogP contribution in [0.15, 0.2) is 14.7 Å². The van der Waals surface area contributed by atoms with E-state index >= 15 is 0 Å². The van der Waals surface area contributed by atoms with Crippen LogP contribution in [0.5, 0.6) is 0 Å². The Morgan fingerprint density at radius 3 is 2.74 bits per heavy atom. The molecule has 19 heavy (non-hydrogen) atoms. The third-order valence-electron chi connectivity index (χ3n) is 3.21. The zero-order valence-electron chi connectivity index (χ0n) is 10.4. The number of nitrogens with two attached hydrogens (primary N) is 1. The predicted octanol–water partition coefficient (Wildman–Crippen LogP) is 1.85. The molecule has 0 aliphatic carbocycles. The number of amides is 1. The van der Waals surface area contributed by atoms with Gasteiger partial charge < -0.3 is 5.73 Å². The van der Waals surface area contributed by atoms with Gasteiger partial charge in [-0.3, -0.25) is 4.79 Å². The lowest BCUT2D eigenvalue weighted by atomic mass is 10.0. The summed E-state index contributed by atoms with van der Waals surface area (Å²) in [6, 6.07) is 0.860. The van der Waals surface area contributed by atoms with Gasteiger partial charge in [-0.2, -0.15) is 4.31 Å². The van der Waals surface area contributed by atoms with Gasteiger partial charge in [-0.15, -0.1) is 11.3 Å². The van der Waals surface area contributed by atoms with Crippen molar-refractivity contribution < 1.29 is 13.2 Å². The smallest absolute Gasteiger partial charge is 0.244 e. The lowest BCUT2D eigenvalue weighted by Crippen LogP contribution is -2.50. The van der Waals surface area contributed by atoms with Crippen LogP contribution in [0.3, 0.4) is 0 Å². The lowest BCUT2D eigenvalue weighted by molar-refractivity contribution is -0.122.